The van der Waals surface area contributed by atoms with E-state index in [9.17, 15) is 9.59 Å². The summed E-state index contributed by atoms with van der Waals surface area (Å²) < 4.78 is 12.1. The van der Waals surface area contributed by atoms with Crippen LogP contribution in [0.4, 0.5) is 4.79 Å². The molecule has 1 aromatic carbocycles. The van der Waals surface area contributed by atoms with Gasteiger partial charge >= 0.3 is 12.0 Å². The van der Waals surface area contributed by atoms with Gasteiger partial charge in [0.15, 0.2) is 0 Å². The van der Waals surface area contributed by atoms with Crippen molar-refractivity contribution in [2.24, 2.45) is 0 Å². The average molecular weight is 453 g/mol. The maximum absolute atomic E-state index is 12.1. The monoisotopic (exact) mass is 452 g/mol. The molecule has 8 heteroatoms. The van der Waals surface area contributed by atoms with Crippen molar-refractivity contribution in [3.63, 3.8) is 0 Å². The highest BCUT2D eigenvalue weighted by molar-refractivity contribution is 5.75. The van der Waals surface area contributed by atoms with Crippen molar-refractivity contribution in [3.8, 4) is 11.5 Å². The largest absolute Gasteiger partial charge is 0.493 e. The smallest absolute Gasteiger partial charge is 0.315 e. The molecule has 182 valence electrons. The Hall–Kier alpha value is -2.48. The van der Waals surface area contributed by atoms with Crippen LogP contribution in [0.5, 0.6) is 11.5 Å². The molecule has 0 spiro atoms. The van der Waals surface area contributed by atoms with Gasteiger partial charge in [0.2, 0.25) is 0 Å². The van der Waals surface area contributed by atoms with Gasteiger partial charge in [-0.2, -0.15) is 0 Å². The quantitative estimate of drug-likeness (QED) is 0.248. The van der Waals surface area contributed by atoms with Gasteiger partial charge in [-0.1, -0.05) is 32.3 Å². The number of quaternary nitrogens is 1. The van der Waals surface area contributed by atoms with Crippen LogP contribution >= 0.6 is 0 Å². The standard InChI is InChI=1S/C24H41N3O5/c1-5-6-7-9-15-31-21-12-11-13-22(18-21)32-16-10-8-14-25-24(30)26-20(17-23(28)29)19-27(2,3)4/h11-13,18,20H,5-10,14-17,19H2,1-4H3,(H2-,25,26,28,29,30)/p+1/t20-/m1/s1. The van der Waals surface area contributed by atoms with Crippen molar-refractivity contribution >= 4 is 12.0 Å². The predicted octanol–water partition coefficient (Wildman–Crippen LogP) is 3.65. The number of benzene rings is 1. The summed E-state index contributed by atoms with van der Waals surface area (Å²) in [6.45, 7) is 4.50. The molecule has 0 aromatic heterocycles. The molecule has 0 aliphatic rings. The van der Waals surface area contributed by atoms with Crippen molar-refractivity contribution < 1.29 is 28.7 Å². The lowest BCUT2D eigenvalue weighted by Crippen LogP contribution is -2.52. The lowest BCUT2D eigenvalue weighted by molar-refractivity contribution is -0.871. The molecule has 1 rings (SSSR count). The number of unbranched alkanes of at least 4 members (excludes halogenated alkanes) is 4. The number of amides is 2. The zero-order valence-electron chi connectivity index (χ0n) is 20.2. The minimum absolute atomic E-state index is 0.0989. The minimum Gasteiger partial charge on any atom is -0.493 e. The van der Waals surface area contributed by atoms with Gasteiger partial charge < -0.3 is 29.7 Å². The Morgan fingerprint density at radius 2 is 1.62 bits per heavy atom. The maximum atomic E-state index is 12.1. The Labute approximate surface area is 192 Å². The normalized spacial score (nSPS) is 12.1. The zero-order chi connectivity index (χ0) is 23.8. The van der Waals surface area contributed by atoms with Gasteiger partial charge in [-0.05, 0) is 31.4 Å². The molecule has 0 saturated heterocycles. The molecule has 8 nitrogen and oxygen atoms in total. The number of aliphatic carboxylic acids is 1. The summed E-state index contributed by atoms with van der Waals surface area (Å²) in [7, 11) is 5.89. The predicted molar refractivity (Wildman–Crippen MR) is 126 cm³/mol. The fraction of sp³-hybridized carbons (Fsp3) is 0.667. The number of nitrogens with one attached hydrogen (secondary N) is 2. The number of carbonyl (C=O) groups excluding carboxylic acids is 1. The highest BCUT2D eigenvalue weighted by Gasteiger charge is 2.22. The number of likely N-dealkylation sites (N-methyl/N-ethyl adjacent to an activating group) is 1. The van der Waals surface area contributed by atoms with E-state index in [0.29, 0.717) is 24.2 Å². The molecular formula is C24H42N3O5+. The number of ether oxygens (including phenoxy) is 2. The molecule has 0 heterocycles. The Balaban J connectivity index is 2.22. The first-order chi connectivity index (χ1) is 15.2. The molecule has 0 radical (unpaired) electrons. The number of hydrogen-bond donors (Lipinski definition) is 3. The summed E-state index contributed by atoms with van der Waals surface area (Å²) in [5.74, 6) is 0.674. The van der Waals surface area contributed by atoms with E-state index in [2.05, 4.69) is 17.6 Å². The Morgan fingerprint density at radius 3 is 2.19 bits per heavy atom. The maximum Gasteiger partial charge on any atom is 0.315 e. The van der Waals surface area contributed by atoms with E-state index in [4.69, 9.17) is 14.6 Å². The van der Waals surface area contributed by atoms with Gasteiger partial charge in [-0.15, -0.1) is 0 Å². The Morgan fingerprint density at radius 1 is 1.00 bits per heavy atom. The van der Waals surface area contributed by atoms with Crippen LogP contribution in [0.3, 0.4) is 0 Å². The summed E-state index contributed by atoms with van der Waals surface area (Å²) in [6.07, 6.45) is 6.16. The zero-order valence-corrected chi connectivity index (χ0v) is 20.2. The van der Waals surface area contributed by atoms with Crippen molar-refractivity contribution in [1.82, 2.24) is 10.6 Å². The van der Waals surface area contributed by atoms with Crippen LogP contribution in [0.15, 0.2) is 24.3 Å². The molecule has 32 heavy (non-hydrogen) atoms. The number of hydrogen-bond acceptors (Lipinski definition) is 4. The first-order valence-electron chi connectivity index (χ1n) is 11.6. The van der Waals surface area contributed by atoms with Gasteiger partial charge in [-0.25, -0.2) is 4.79 Å². The van der Waals surface area contributed by atoms with Crippen LogP contribution < -0.4 is 20.1 Å². The summed E-state index contributed by atoms with van der Waals surface area (Å²) in [6, 6.07) is 6.91. The lowest BCUT2D eigenvalue weighted by Gasteiger charge is -2.29. The molecule has 2 amide bonds. The third kappa shape index (κ3) is 14.5. The van der Waals surface area contributed by atoms with Crippen LogP contribution in [0.1, 0.15) is 51.9 Å². The Bertz CT molecular complexity index is 676. The van der Waals surface area contributed by atoms with E-state index < -0.39 is 12.0 Å². The van der Waals surface area contributed by atoms with Gasteiger partial charge in [-0.3, -0.25) is 4.79 Å². The minimum atomic E-state index is -0.924. The number of carboxylic acids is 1. The van der Waals surface area contributed by atoms with Crippen LogP contribution in [0, 0.1) is 0 Å². The molecule has 0 aliphatic heterocycles. The molecule has 0 bridgehead atoms. The van der Waals surface area contributed by atoms with Crippen molar-refractivity contribution in [3.05, 3.63) is 24.3 Å². The van der Waals surface area contributed by atoms with Crippen LogP contribution in [0.25, 0.3) is 0 Å². The first kappa shape index (κ1) is 27.6. The molecule has 3 N–H and O–H groups in total. The number of rotatable bonds is 17. The number of carbonyl (C=O) groups is 2. The van der Waals surface area contributed by atoms with E-state index in [0.717, 1.165) is 37.4 Å². The molecular weight excluding hydrogens is 410 g/mol. The fourth-order valence-electron chi connectivity index (χ4n) is 3.26. The second-order valence-electron chi connectivity index (χ2n) is 9.11. The summed E-state index contributed by atoms with van der Waals surface area (Å²) in [4.78, 5) is 23.1. The first-order valence-corrected chi connectivity index (χ1v) is 11.6. The van der Waals surface area contributed by atoms with E-state index in [-0.39, 0.29) is 12.5 Å². The highest BCUT2D eigenvalue weighted by atomic mass is 16.5. The summed E-state index contributed by atoms with van der Waals surface area (Å²) in [5.41, 5.74) is 0. The average Bonchev–Trinajstić information content (AvgIpc) is 2.69. The van der Waals surface area contributed by atoms with Crippen molar-refractivity contribution in [2.45, 2.75) is 57.9 Å². The topological polar surface area (TPSA) is 96.9 Å². The second kappa shape index (κ2) is 15.3. The van der Waals surface area contributed by atoms with E-state index in [1.165, 1.54) is 19.3 Å². The fourth-order valence-corrected chi connectivity index (χ4v) is 3.26. The van der Waals surface area contributed by atoms with Crippen LogP contribution in [-0.2, 0) is 4.79 Å². The van der Waals surface area contributed by atoms with Crippen LogP contribution in [0.2, 0.25) is 0 Å². The third-order valence-electron chi connectivity index (χ3n) is 4.72. The van der Waals surface area contributed by atoms with Gasteiger partial charge in [0.05, 0.1) is 53.4 Å². The summed E-state index contributed by atoms with van der Waals surface area (Å²) >= 11 is 0. The number of carboxylic acid groups (broad SMARTS) is 1. The third-order valence-corrected chi connectivity index (χ3v) is 4.72. The Kier molecular flexibility index (Phi) is 13.2. The van der Waals surface area contributed by atoms with Crippen LogP contribution in [-0.4, -0.2) is 75.1 Å². The molecule has 0 fully saturated rings. The molecule has 0 saturated carbocycles. The SMILES string of the molecule is CCCCCCOc1cccc(OCCCCNC(=O)N[C@H](CC(=O)O)C[N+](C)(C)C)c1. The summed E-state index contributed by atoms with van der Waals surface area (Å²) in [5, 5.41) is 14.6. The lowest BCUT2D eigenvalue weighted by atomic mass is 10.2. The van der Waals surface area contributed by atoms with Crippen molar-refractivity contribution in [2.75, 3.05) is 47.4 Å². The molecule has 1 aromatic rings. The molecule has 0 aliphatic carbocycles. The van der Waals surface area contributed by atoms with Gasteiger partial charge in [0, 0.05) is 12.6 Å². The van der Waals surface area contributed by atoms with Gasteiger partial charge in [0.25, 0.3) is 0 Å². The van der Waals surface area contributed by atoms with E-state index >= 15 is 0 Å². The van der Waals surface area contributed by atoms with Gasteiger partial charge in [0.1, 0.15) is 11.5 Å². The molecule has 0 unspecified atom stereocenters. The number of urea groups is 1. The van der Waals surface area contributed by atoms with E-state index in [1.54, 1.807) is 0 Å². The van der Waals surface area contributed by atoms with Crippen molar-refractivity contribution in [1.29, 1.82) is 0 Å². The highest BCUT2D eigenvalue weighted by Crippen LogP contribution is 2.20. The number of nitrogens with zero attached hydrogens (tertiary/aromatic N) is 1. The molecule has 1 atom stereocenters. The van der Waals surface area contributed by atoms with E-state index in [1.807, 2.05) is 45.4 Å². The second-order valence-corrected chi connectivity index (χ2v) is 9.11.